The number of nitrogens with zero attached hydrogens (tertiary/aromatic N) is 11. The first-order valence-corrected chi connectivity index (χ1v) is 18.2. The van der Waals surface area contributed by atoms with Crippen molar-refractivity contribution in [2.24, 2.45) is 0 Å². The van der Waals surface area contributed by atoms with E-state index in [0.717, 1.165) is 121 Å². The average Bonchev–Trinajstić information content (AvgIpc) is 3.48. The minimum atomic E-state index is 0.674. The van der Waals surface area contributed by atoms with Gasteiger partial charge in [-0.2, -0.15) is 5.26 Å². The van der Waals surface area contributed by atoms with Gasteiger partial charge in [-0.3, -0.25) is 19.8 Å². The zero-order valence-electron chi connectivity index (χ0n) is 28.3. The second-order valence-corrected chi connectivity index (χ2v) is 14.0. The molecule has 2 saturated carbocycles. The average molecular weight is 664 g/mol. The van der Waals surface area contributed by atoms with Gasteiger partial charge in [0.2, 0.25) is 0 Å². The van der Waals surface area contributed by atoms with Crippen molar-refractivity contribution in [2.45, 2.75) is 76.5 Å². The molecule has 0 spiro atoms. The predicted octanol–water partition coefficient (Wildman–Crippen LogP) is 5.68. The smallest absolute Gasteiger partial charge is 0.160 e. The van der Waals surface area contributed by atoms with Crippen LogP contribution in [0, 0.1) is 11.3 Å². The molecule has 11 nitrogen and oxygen atoms in total. The number of pyridine rings is 2. The molecule has 2 aliphatic carbocycles. The molecule has 252 valence electrons. The van der Waals surface area contributed by atoms with E-state index >= 15 is 0 Å². The summed E-state index contributed by atoms with van der Waals surface area (Å²) in [6.45, 7) is 6.39. The standard InChI is InChI=1S/C21H21N5.C18H20N6/c22-13-15-4-6-16(7-5-15)17-12-19-21(23-14-17)26-11-10-25(18-2-1-3-18)9-8-20(26)24-19;1-2-14(3-1)23-7-4-17-22-15-10-13(16-12-19-5-6-20-16)11-21-18(15)24(17)9-8-23/h4-7,12,14,18H,1-3,8-11H2;5-6,10-12,14H,1-4,7-9H2. The van der Waals surface area contributed by atoms with Crippen molar-refractivity contribution in [1.82, 2.24) is 48.8 Å². The maximum atomic E-state index is 8.95. The SMILES string of the molecule is N#Cc1ccc(-c2cnc3c(c2)nc2n3CCN(C3CCC3)CC2)cc1.c1cnc(-c2cnc3c(c2)nc2n3CCN(C3CCC3)CC2)cn1. The first kappa shape index (κ1) is 31.0. The fourth-order valence-corrected chi connectivity index (χ4v) is 7.85. The van der Waals surface area contributed by atoms with Crippen LogP contribution in [0.4, 0.5) is 0 Å². The highest BCUT2D eigenvalue weighted by Crippen LogP contribution is 2.30. The highest BCUT2D eigenvalue weighted by Gasteiger charge is 2.29. The maximum Gasteiger partial charge on any atom is 0.160 e. The van der Waals surface area contributed by atoms with Gasteiger partial charge in [-0.1, -0.05) is 25.0 Å². The van der Waals surface area contributed by atoms with E-state index in [4.69, 9.17) is 25.2 Å². The van der Waals surface area contributed by atoms with Crippen molar-refractivity contribution >= 4 is 22.3 Å². The topological polar surface area (TPSA) is 117 Å². The Balaban J connectivity index is 0.000000135. The van der Waals surface area contributed by atoms with E-state index in [1.165, 1.54) is 38.5 Å². The Morgan fingerprint density at radius 3 is 1.70 bits per heavy atom. The zero-order valence-corrected chi connectivity index (χ0v) is 28.3. The van der Waals surface area contributed by atoms with Crippen molar-refractivity contribution in [3.8, 4) is 28.5 Å². The summed E-state index contributed by atoms with van der Waals surface area (Å²) in [6, 6.07) is 15.6. The molecular formula is C39H41N11. The minimum Gasteiger partial charge on any atom is -0.311 e. The van der Waals surface area contributed by atoms with Crippen LogP contribution in [0.3, 0.4) is 0 Å². The number of benzene rings is 1. The van der Waals surface area contributed by atoms with Gasteiger partial charge < -0.3 is 9.13 Å². The first-order valence-electron chi connectivity index (χ1n) is 18.2. The third-order valence-electron chi connectivity index (χ3n) is 11.2. The van der Waals surface area contributed by atoms with E-state index in [0.29, 0.717) is 5.56 Å². The molecule has 10 rings (SSSR count). The van der Waals surface area contributed by atoms with Crippen molar-refractivity contribution in [2.75, 3.05) is 26.2 Å². The van der Waals surface area contributed by atoms with Crippen molar-refractivity contribution in [3.63, 3.8) is 0 Å². The van der Waals surface area contributed by atoms with E-state index in [2.05, 4.69) is 47.1 Å². The normalized spacial score (nSPS) is 18.5. The zero-order chi connectivity index (χ0) is 33.4. The molecule has 6 aromatic rings. The van der Waals surface area contributed by atoms with E-state index in [1.54, 1.807) is 18.6 Å². The fourth-order valence-electron chi connectivity index (χ4n) is 7.85. The fraction of sp³-hybridized carbons (Fsp3) is 0.410. The Hall–Kier alpha value is -5.05. The number of aromatic nitrogens is 8. The van der Waals surface area contributed by atoms with Crippen LogP contribution in [0.25, 0.3) is 44.7 Å². The largest absolute Gasteiger partial charge is 0.311 e. The van der Waals surface area contributed by atoms with Gasteiger partial charge in [0.15, 0.2) is 11.3 Å². The van der Waals surface area contributed by atoms with Gasteiger partial charge in [-0.15, -0.1) is 0 Å². The molecule has 0 saturated heterocycles. The molecule has 0 N–H and O–H groups in total. The highest BCUT2D eigenvalue weighted by atomic mass is 15.2. The summed E-state index contributed by atoms with van der Waals surface area (Å²) < 4.78 is 4.60. The maximum absolute atomic E-state index is 8.95. The van der Waals surface area contributed by atoms with Gasteiger partial charge in [0.1, 0.15) is 22.7 Å². The lowest BCUT2D eigenvalue weighted by molar-refractivity contribution is 0.130. The Labute approximate surface area is 291 Å². The summed E-state index contributed by atoms with van der Waals surface area (Å²) in [6.07, 6.45) is 19.2. The Kier molecular flexibility index (Phi) is 8.26. The number of imidazole rings is 2. The van der Waals surface area contributed by atoms with Gasteiger partial charge >= 0.3 is 0 Å². The summed E-state index contributed by atoms with van der Waals surface area (Å²) in [5.41, 5.74) is 8.52. The second-order valence-electron chi connectivity index (χ2n) is 14.0. The van der Waals surface area contributed by atoms with Crippen LogP contribution < -0.4 is 0 Å². The summed E-state index contributed by atoms with van der Waals surface area (Å²) in [7, 11) is 0. The van der Waals surface area contributed by atoms with E-state index in [9.17, 15) is 0 Å². The number of nitriles is 1. The van der Waals surface area contributed by atoms with Crippen molar-refractivity contribution in [3.05, 3.63) is 84.6 Å². The third-order valence-corrected chi connectivity index (χ3v) is 11.2. The molecule has 11 heteroatoms. The van der Waals surface area contributed by atoms with Crippen LogP contribution in [0.2, 0.25) is 0 Å². The summed E-state index contributed by atoms with van der Waals surface area (Å²) in [5.74, 6) is 2.32. The first-order chi connectivity index (χ1) is 24.7. The van der Waals surface area contributed by atoms with Crippen LogP contribution in [0.15, 0.2) is 67.4 Å². The summed E-state index contributed by atoms with van der Waals surface area (Å²) in [4.78, 5) is 32.9. The van der Waals surface area contributed by atoms with Crippen LogP contribution in [-0.4, -0.2) is 87.1 Å². The molecule has 0 radical (unpaired) electrons. The summed E-state index contributed by atoms with van der Waals surface area (Å²) >= 11 is 0. The van der Waals surface area contributed by atoms with Crippen LogP contribution in [-0.2, 0) is 25.9 Å². The van der Waals surface area contributed by atoms with Crippen LogP contribution in [0.5, 0.6) is 0 Å². The minimum absolute atomic E-state index is 0.674. The number of hydrogen-bond donors (Lipinski definition) is 0. The molecule has 0 unspecified atom stereocenters. The predicted molar refractivity (Wildman–Crippen MR) is 192 cm³/mol. The van der Waals surface area contributed by atoms with Crippen LogP contribution >= 0.6 is 0 Å². The molecule has 1 aromatic carbocycles. The van der Waals surface area contributed by atoms with Gasteiger partial charge in [-0.05, 0) is 55.5 Å². The third kappa shape index (κ3) is 5.92. The lowest BCUT2D eigenvalue weighted by atomic mass is 9.91. The van der Waals surface area contributed by atoms with E-state index in [1.807, 2.05) is 36.7 Å². The van der Waals surface area contributed by atoms with Gasteiger partial charge in [0, 0.05) is 100 Å². The van der Waals surface area contributed by atoms with E-state index in [-0.39, 0.29) is 0 Å². The molecule has 2 aliphatic heterocycles. The Morgan fingerprint density at radius 2 is 1.18 bits per heavy atom. The van der Waals surface area contributed by atoms with Gasteiger partial charge in [0.05, 0.1) is 23.5 Å². The van der Waals surface area contributed by atoms with Gasteiger partial charge in [0.25, 0.3) is 0 Å². The number of hydrogen-bond acceptors (Lipinski definition) is 9. The lowest BCUT2D eigenvalue weighted by Crippen LogP contribution is -2.41. The summed E-state index contributed by atoms with van der Waals surface area (Å²) in [5, 5.41) is 8.95. The second kappa shape index (κ2) is 13.3. The molecule has 0 amide bonds. The molecular weight excluding hydrogens is 623 g/mol. The van der Waals surface area contributed by atoms with Crippen molar-refractivity contribution in [1.29, 1.82) is 5.26 Å². The molecule has 2 fully saturated rings. The monoisotopic (exact) mass is 663 g/mol. The van der Waals surface area contributed by atoms with Crippen molar-refractivity contribution < 1.29 is 0 Å². The molecule has 5 aromatic heterocycles. The Bertz CT molecular complexity index is 2170. The Morgan fingerprint density at radius 1 is 0.600 bits per heavy atom. The molecule has 0 bridgehead atoms. The molecule has 4 aliphatic rings. The molecule has 50 heavy (non-hydrogen) atoms. The number of rotatable bonds is 4. The molecule has 7 heterocycles. The highest BCUT2D eigenvalue weighted by molar-refractivity contribution is 5.79. The van der Waals surface area contributed by atoms with Gasteiger partial charge in [-0.25, -0.2) is 19.9 Å². The quantitative estimate of drug-likeness (QED) is 0.235. The lowest BCUT2D eigenvalue weighted by Gasteiger charge is -2.36. The molecule has 0 atom stereocenters. The number of fused-ring (bicyclic) bond motifs is 6. The van der Waals surface area contributed by atoms with Crippen LogP contribution in [0.1, 0.15) is 55.7 Å². The van der Waals surface area contributed by atoms with E-state index < -0.39 is 0 Å².